The van der Waals surface area contributed by atoms with Gasteiger partial charge in [-0.2, -0.15) is 0 Å². The summed E-state index contributed by atoms with van der Waals surface area (Å²) < 4.78 is 0. The fourth-order valence-electron chi connectivity index (χ4n) is 1.44. The van der Waals surface area contributed by atoms with Gasteiger partial charge in [0.2, 0.25) is 5.91 Å². The molecule has 1 heterocycles. The molecule has 1 atom stereocenters. The van der Waals surface area contributed by atoms with E-state index in [1.807, 2.05) is 12.1 Å². The van der Waals surface area contributed by atoms with E-state index in [2.05, 4.69) is 24.1 Å². The van der Waals surface area contributed by atoms with Crippen molar-refractivity contribution in [2.75, 3.05) is 0 Å². The number of pyridine rings is 1. The molecule has 4 nitrogen and oxygen atoms in total. The Morgan fingerprint density at radius 1 is 1.44 bits per heavy atom. The molecule has 88 valence electrons. The number of hydrogen-bond donors (Lipinski definition) is 2. The van der Waals surface area contributed by atoms with Crippen LogP contribution in [-0.4, -0.2) is 16.9 Å². The maximum absolute atomic E-state index is 11.6. The van der Waals surface area contributed by atoms with Gasteiger partial charge in [0.25, 0.3) is 0 Å². The van der Waals surface area contributed by atoms with Crippen LogP contribution in [-0.2, 0) is 11.3 Å². The van der Waals surface area contributed by atoms with Gasteiger partial charge in [-0.05, 0) is 30.0 Å². The van der Waals surface area contributed by atoms with Crippen molar-refractivity contribution in [3.8, 4) is 0 Å². The van der Waals surface area contributed by atoms with Crippen molar-refractivity contribution in [3.63, 3.8) is 0 Å². The first kappa shape index (κ1) is 12.6. The van der Waals surface area contributed by atoms with Gasteiger partial charge in [0, 0.05) is 18.9 Å². The summed E-state index contributed by atoms with van der Waals surface area (Å²) in [6, 6.07) is 3.32. The molecule has 1 amide bonds. The van der Waals surface area contributed by atoms with Crippen LogP contribution < -0.4 is 11.1 Å². The predicted molar refractivity (Wildman–Crippen MR) is 63.5 cm³/mol. The lowest BCUT2D eigenvalue weighted by molar-refractivity contribution is -0.122. The van der Waals surface area contributed by atoms with Crippen molar-refractivity contribution in [1.29, 1.82) is 0 Å². The highest BCUT2D eigenvalue weighted by Crippen LogP contribution is 2.03. The van der Waals surface area contributed by atoms with Crippen molar-refractivity contribution in [3.05, 3.63) is 30.1 Å². The molecule has 0 radical (unpaired) electrons. The van der Waals surface area contributed by atoms with E-state index < -0.39 is 6.04 Å². The molecule has 1 aromatic heterocycles. The largest absolute Gasteiger partial charge is 0.351 e. The van der Waals surface area contributed by atoms with Crippen LogP contribution in [0.3, 0.4) is 0 Å². The molecule has 0 aromatic carbocycles. The molecule has 0 unspecified atom stereocenters. The molecule has 0 saturated heterocycles. The zero-order chi connectivity index (χ0) is 12.0. The maximum atomic E-state index is 11.6. The van der Waals surface area contributed by atoms with E-state index in [-0.39, 0.29) is 5.91 Å². The van der Waals surface area contributed by atoms with Crippen LogP contribution in [0.4, 0.5) is 0 Å². The fourth-order valence-corrected chi connectivity index (χ4v) is 1.44. The summed E-state index contributed by atoms with van der Waals surface area (Å²) >= 11 is 0. The number of nitrogens with zero attached hydrogens (tertiary/aromatic N) is 1. The normalized spacial score (nSPS) is 12.5. The van der Waals surface area contributed by atoms with Crippen LogP contribution in [0.1, 0.15) is 25.8 Å². The van der Waals surface area contributed by atoms with Crippen LogP contribution in [0, 0.1) is 5.92 Å². The molecule has 0 saturated carbocycles. The van der Waals surface area contributed by atoms with E-state index in [1.54, 1.807) is 12.4 Å². The first-order valence-electron chi connectivity index (χ1n) is 5.51. The lowest BCUT2D eigenvalue weighted by Gasteiger charge is -2.13. The highest BCUT2D eigenvalue weighted by atomic mass is 16.2. The molecule has 1 aromatic rings. The summed E-state index contributed by atoms with van der Waals surface area (Å²) in [7, 11) is 0. The maximum Gasteiger partial charge on any atom is 0.237 e. The average molecular weight is 221 g/mol. The number of rotatable bonds is 5. The van der Waals surface area contributed by atoms with E-state index in [1.165, 1.54) is 0 Å². The number of aromatic nitrogens is 1. The number of nitrogens with one attached hydrogen (secondary N) is 1. The first-order valence-corrected chi connectivity index (χ1v) is 5.51. The van der Waals surface area contributed by atoms with Crippen LogP contribution >= 0.6 is 0 Å². The second kappa shape index (κ2) is 6.23. The minimum absolute atomic E-state index is 0.0921. The average Bonchev–Trinajstić information content (AvgIpc) is 2.26. The Kier molecular flexibility index (Phi) is 4.92. The predicted octanol–water partition coefficient (Wildman–Crippen LogP) is 1.07. The van der Waals surface area contributed by atoms with Gasteiger partial charge in [0.05, 0.1) is 6.04 Å². The highest BCUT2D eigenvalue weighted by molar-refractivity contribution is 5.81. The summed E-state index contributed by atoms with van der Waals surface area (Å²) in [5.74, 6) is 0.340. The summed E-state index contributed by atoms with van der Waals surface area (Å²) in [4.78, 5) is 15.5. The smallest absolute Gasteiger partial charge is 0.237 e. The third kappa shape index (κ3) is 4.40. The number of nitrogens with two attached hydrogens (primary N) is 1. The van der Waals surface area contributed by atoms with Gasteiger partial charge < -0.3 is 11.1 Å². The van der Waals surface area contributed by atoms with E-state index in [4.69, 9.17) is 5.73 Å². The van der Waals surface area contributed by atoms with Gasteiger partial charge in [-0.3, -0.25) is 9.78 Å². The first-order chi connectivity index (χ1) is 7.59. The minimum atomic E-state index is -0.415. The fraction of sp³-hybridized carbons (Fsp3) is 0.500. The molecule has 0 aliphatic heterocycles. The second-order valence-electron chi connectivity index (χ2n) is 4.31. The number of amides is 1. The second-order valence-corrected chi connectivity index (χ2v) is 4.31. The van der Waals surface area contributed by atoms with Crippen molar-refractivity contribution in [2.24, 2.45) is 11.7 Å². The van der Waals surface area contributed by atoms with Gasteiger partial charge in [0.1, 0.15) is 0 Å². The lowest BCUT2D eigenvalue weighted by atomic mass is 10.0. The monoisotopic (exact) mass is 221 g/mol. The summed E-state index contributed by atoms with van der Waals surface area (Å²) in [5, 5.41) is 2.81. The molecule has 0 bridgehead atoms. The summed E-state index contributed by atoms with van der Waals surface area (Å²) in [6.45, 7) is 4.61. The Labute approximate surface area is 96.3 Å². The summed E-state index contributed by atoms with van der Waals surface area (Å²) in [5.41, 5.74) is 6.79. The number of carbonyl (C=O) groups excluding carboxylic acids is 1. The van der Waals surface area contributed by atoms with Gasteiger partial charge >= 0.3 is 0 Å². The topological polar surface area (TPSA) is 68.0 Å². The van der Waals surface area contributed by atoms with Gasteiger partial charge in [0.15, 0.2) is 0 Å². The third-order valence-corrected chi connectivity index (χ3v) is 2.28. The van der Waals surface area contributed by atoms with Crippen LogP contribution in [0.5, 0.6) is 0 Å². The number of hydrogen-bond acceptors (Lipinski definition) is 3. The van der Waals surface area contributed by atoms with E-state index >= 15 is 0 Å². The van der Waals surface area contributed by atoms with Crippen molar-refractivity contribution < 1.29 is 4.79 Å². The number of carbonyl (C=O) groups is 1. The van der Waals surface area contributed by atoms with Crippen molar-refractivity contribution in [2.45, 2.75) is 32.9 Å². The molecule has 1 rings (SSSR count). The highest BCUT2D eigenvalue weighted by Gasteiger charge is 2.14. The minimum Gasteiger partial charge on any atom is -0.351 e. The van der Waals surface area contributed by atoms with Gasteiger partial charge in [-0.1, -0.05) is 13.8 Å². The Hall–Kier alpha value is -1.42. The lowest BCUT2D eigenvalue weighted by Crippen LogP contribution is -2.41. The van der Waals surface area contributed by atoms with Crippen LogP contribution in [0.25, 0.3) is 0 Å². The molecule has 0 spiro atoms. The molecule has 0 aliphatic rings. The molecule has 16 heavy (non-hydrogen) atoms. The standard InChI is InChI=1S/C12H19N3O/c1-9(2)7-11(13)12(16)15-8-10-3-5-14-6-4-10/h3-6,9,11H,7-8,13H2,1-2H3,(H,15,16)/t11-/m0/s1. The molecule has 4 heteroatoms. The molecular formula is C12H19N3O. The van der Waals surface area contributed by atoms with Crippen LogP contribution in [0.2, 0.25) is 0 Å². The Balaban J connectivity index is 2.35. The molecule has 0 fully saturated rings. The Morgan fingerprint density at radius 2 is 2.06 bits per heavy atom. The third-order valence-electron chi connectivity index (χ3n) is 2.28. The van der Waals surface area contributed by atoms with Crippen molar-refractivity contribution in [1.82, 2.24) is 10.3 Å². The van der Waals surface area contributed by atoms with Crippen LogP contribution in [0.15, 0.2) is 24.5 Å². The van der Waals surface area contributed by atoms with Crippen molar-refractivity contribution >= 4 is 5.91 Å². The van der Waals surface area contributed by atoms with E-state index in [0.717, 1.165) is 5.56 Å². The zero-order valence-electron chi connectivity index (χ0n) is 9.81. The van der Waals surface area contributed by atoms with E-state index in [9.17, 15) is 4.79 Å². The van der Waals surface area contributed by atoms with E-state index in [0.29, 0.717) is 18.9 Å². The molecular weight excluding hydrogens is 202 g/mol. The van der Waals surface area contributed by atoms with Gasteiger partial charge in [-0.25, -0.2) is 0 Å². The van der Waals surface area contributed by atoms with Gasteiger partial charge in [-0.15, -0.1) is 0 Å². The zero-order valence-corrected chi connectivity index (χ0v) is 9.81. The Morgan fingerprint density at radius 3 is 2.62 bits per heavy atom. The SMILES string of the molecule is CC(C)C[C@H](N)C(=O)NCc1ccncc1. The summed E-state index contributed by atoms with van der Waals surface area (Å²) in [6.07, 6.45) is 4.12. The Bertz CT molecular complexity index is 324. The quantitative estimate of drug-likeness (QED) is 0.781. The molecule has 0 aliphatic carbocycles. The molecule has 3 N–H and O–H groups in total.